The average Bonchev–Trinajstić information content (AvgIpc) is 3.12. The number of aliphatic hydroxyl groups excluding tert-OH is 1. The monoisotopic (exact) mass is 464 g/mol. The van der Waals surface area contributed by atoms with Crippen molar-refractivity contribution in [3.8, 4) is 11.5 Å². The van der Waals surface area contributed by atoms with Gasteiger partial charge in [-0.25, -0.2) is 0 Å². The smallest absolute Gasteiger partial charge is 0.295 e. The Balaban J connectivity index is 1.53. The van der Waals surface area contributed by atoms with Gasteiger partial charge in [0.1, 0.15) is 19.0 Å². The number of carbonyl (C=O) groups is 2. The minimum atomic E-state index is -0.681. The zero-order valence-electron chi connectivity index (χ0n) is 19.2. The van der Waals surface area contributed by atoms with E-state index in [1.807, 2.05) is 31.2 Å². The molecule has 3 heterocycles. The summed E-state index contributed by atoms with van der Waals surface area (Å²) in [6.45, 7) is 6.74. The topological polar surface area (TPSA) is 88.5 Å². The van der Waals surface area contributed by atoms with Crippen LogP contribution in [0.5, 0.6) is 11.5 Å². The Labute approximate surface area is 198 Å². The molecule has 2 fully saturated rings. The third kappa shape index (κ3) is 4.26. The normalized spacial score (nSPS) is 22.3. The van der Waals surface area contributed by atoms with Crippen LogP contribution in [0.15, 0.2) is 48.0 Å². The first-order valence-corrected chi connectivity index (χ1v) is 11.6. The molecule has 0 aromatic heterocycles. The molecule has 34 heavy (non-hydrogen) atoms. The molecule has 0 spiro atoms. The van der Waals surface area contributed by atoms with Crippen LogP contribution in [0.25, 0.3) is 5.76 Å². The molecule has 2 saturated heterocycles. The number of hydrogen-bond donors (Lipinski definition) is 1. The van der Waals surface area contributed by atoms with E-state index < -0.39 is 17.7 Å². The van der Waals surface area contributed by atoms with Gasteiger partial charge in [-0.3, -0.25) is 14.5 Å². The fraction of sp³-hybridized carbons (Fsp3) is 0.385. The van der Waals surface area contributed by atoms with Gasteiger partial charge in [0.2, 0.25) is 0 Å². The molecule has 8 heteroatoms. The van der Waals surface area contributed by atoms with Crippen molar-refractivity contribution in [2.45, 2.75) is 13.0 Å². The summed E-state index contributed by atoms with van der Waals surface area (Å²) in [7, 11) is 0. The maximum Gasteiger partial charge on any atom is 0.295 e. The minimum Gasteiger partial charge on any atom is -0.507 e. The minimum absolute atomic E-state index is 0.0903. The number of rotatable bonds is 5. The summed E-state index contributed by atoms with van der Waals surface area (Å²) in [5.41, 5.74) is 2.35. The molecule has 3 aliphatic heterocycles. The first-order chi connectivity index (χ1) is 16.5. The van der Waals surface area contributed by atoms with E-state index in [4.69, 9.17) is 14.2 Å². The van der Waals surface area contributed by atoms with Crippen LogP contribution in [0.2, 0.25) is 0 Å². The number of Topliss-reactive ketones (excluding diaryl/α,β-unsaturated/α-hetero) is 1. The SMILES string of the molecule is Cc1ccc(C2/C(=C(\O)c3ccc4c(c3)OCCO4)C(=O)C(=O)N2CCN2CCOCC2)cc1. The number of hydrogen-bond acceptors (Lipinski definition) is 7. The summed E-state index contributed by atoms with van der Waals surface area (Å²) in [5.74, 6) is -0.403. The van der Waals surface area contributed by atoms with Gasteiger partial charge in [0.15, 0.2) is 11.5 Å². The van der Waals surface area contributed by atoms with Crippen molar-refractivity contribution in [3.05, 3.63) is 64.7 Å². The van der Waals surface area contributed by atoms with Gasteiger partial charge in [0.25, 0.3) is 11.7 Å². The van der Waals surface area contributed by atoms with E-state index in [-0.39, 0.29) is 11.3 Å². The number of carbonyl (C=O) groups excluding carboxylic acids is 2. The molecule has 8 nitrogen and oxygen atoms in total. The Hall–Kier alpha value is -3.36. The second kappa shape index (κ2) is 9.48. The van der Waals surface area contributed by atoms with E-state index >= 15 is 0 Å². The molecule has 5 rings (SSSR count). The fourth-order valence-electron chi connectivity index (χ4n) is 4.63. The van der Waals surface area contributed by atoms with E-state index in [1.54, 1.807) is 23.1 Å². The number of fused-ring (bicyclic) bond motifs is 1. The van der Waals surface area contributed by atoms with Crippen LogP contribution in [0.1, 0.15) is 22.7 Å². The molecule has 0 aliphatic carbocycles. The lowest BCUT2D eigenvalue weighted by Gasteiger charge is -2.31. The maximum absolute atomic E-state index is 13.2. The standard InChI is InChI=1S/C26H28N2O6/c1-17-2-4-18(5-3-17)23-22(24(29)19-6-7-20-21(16-19)34-15-14-33-20)25(30)26(31)28(23)9-8-27-10-12-32-13-11-27/h2-7,16,23,29H,8-15H2,1H3/b24-22+. The third-order valence-corrected chi connectivity index (χ3v) is 6.51. The molecule has 3 aliphatic rings. The Morgan fingerprint density at radius 3 is 2.38 bits per heavy atom. The number of amides is 1. The molecule has 0 bridgehead atoms. The lowest BCUT2D eigenvalue weighted by Crippen LogP contribution is -2.42. The molecule has 2 aromatic carbocycles. The molecule has 178 valence electrons. The molecular weight excluding hydrogens is 436 g/mol. The molecular formula is C26H28N2O6. The van der Waals surface area contributed by atoms with Crippen molar-refractivity contribution < 1.29 is 28.9 Å². The summed E-state index contributed by atoms with van der Waals surface area (Å²) in [4.78, 5) is 30.2. The van der Waals surface area contributed by atoms with E-state index in [0.29, 0.717) is 56.6 Å². The number of morpholine rings is 1. The highest BCUT2D eigenvalue weighted by molar-refractivity contribution is 6.46. The predicted molar refractivity (Wildman–Crippen MR) is 125 cm³/mol. The average molecular weight is 465 g/mol. The summed E-state index contributed by atoms with van der Waals surface area (Å²) in [6, 6.07) is 12.1. The van der Waals surface area contributed by atoms with Crippen LogP contribution in [-0.4, -0.2) is 79.2 Å². The van der Waals surface area contributed by atoms with Crippen LogP contribution in [0, 0.1) is 6.92 Å². The van der Waals surface area contributed by atoms with Gasteiger partial charge in [-0.05, 0) is 30.7 Å². The number of aliphatic hydroxyl groups is 1. The largest absolute Gasteiger partial charge is 0.507 e. The third-order valence-electron chi connectivity index (χ3n) is 6.51. The number of likely N-dealkylation sites (tertiary alicyclic amines) is 1. The van der Waals surface area contributed by atoms with Crippen LogP contribution in [0.3, 0.4) is 0 Å². The van der Waals surface area contributed by atoms with Crippen LogP contribution in [0.4, 0.5) is 0 Å². The Bertz CT molecular complexity index is 1120. The van der Waals surface area contributed by atoms with Crippen molar-refractivity contribution in [2.24, 2.45) is 0 Å². The van der Waals surface area contributed by atoms with Gasteiger partial charge < -0.3 is 24.2 Å². The molecule has 1 unspecified atom stereocenters. The van der Waals surface area contributed by atoms with Gasteiger partial charge in [-0.1, -0.05) is 29.8 Å². The van der Waals surface area contributed by atoms with Gasteiger partial charge in [-0.2, -0.15) is 0 Å². The zero-order chi connectivity index (χ0) is 23.7. The molecule has 1 amide bonds. The highest BCUT2D eigenvalue weighted by atomic mass is 16.6. The lowest BCUT2D eigenvalue weighted by atomic mass is 9.94. The van der Waals surface area contributed by atoms with Crippen molar-refractivity contribution in [3.63, 3.8) is 0 Å². The van der Waals surface area contributed by atoms with Gasteiger partial charge in [0.05, 0.1) is 24.8 Å². The Kier molecular flexibility index (Phi) is 6.26. The summed E-state index contributed by atoms with van der Waals surface area (Å²) in [6.07, 6.45) is 0. The molecule has 2 aromatic rings. The first-order valence-electron chi connectivity index (χ1n) is 11.6. The van der Waals surface area contributed by atoms with E-state index in [2.05, 4.69) is 4.90 Å². The van der Waals surface area contributed by atoms with Crippen LogP contribution in [-0.2, 0) is 14.3 Å². The number of benzene rings is 2. The second-order valence-electron chi connectivity index (χ2n) is 8.72. The lowest BCUT2D eigenvalue weighted by molar-refractivity contribution is -0.140. The second-order valence-corrected chi connectivity index (χ2v) is 8.72. The summed E-state index contributed by atoms with van der Waals surface area (Å²) >= 11 is 0. The summed E-state index contributed by atoms with van der Waals surface area (Å²) in [5, 5.41) is 11.3. The van der Waals surface area contributed by atoms with E-state index in [9.17, 15) is 14.7 Å². The Morgan fingerprint density at radius 2 is 1.65 bits per heavy atom. The first kappa shape index (κ1) is 22.4. The van der Waals surface area contributed by atoms with Gasteiger partial charge in [-0.15, -0.1) is 0 Å². The van der Waals surface area contributed by atoms with E-state index in [1.165, 1.54) is 0 Å². The highest BCUT2D eigenvalue weighted by Crippen LogP contribution is 2.41. The molecule has 1 N–H and O–H groups in total. The van der Waals surface area contributed by atoms with E-state index in [0.717, 1.165) is 24.2 Å². The zero-order valence-corrected chi connectivity index (χ0v) is 19.2. The maximum atomic E-state index is 13.2. The number of nitrogens with zero attached hydrogens (tertiary/aromatic N) is 2. The predicted octanol–water partition coefficient (Wildman–Crippen LogP) is 2.52. The van der Waals surface area contributed by atoms with Crippen molar-refractivity contribution in [2.75, 3.05) is 52.6 Å². The molecule has 0 saturated carbocycles. The van der Waals surface area contributed by atoms with Crippen molar-refractivity contribution >= 4 is 17.4 Å². The molecule has 0 radical (unpaired) electrons. The van der Waals surface area contributed by atoms with Crippen LogP contribution >= 0.6 is 0 Å². The number of aryl methyl sites for hydroxylation is 1. The van der Waals surface area contributed by atoms with Gasteiger partial charge >= 0.3 is 0 Å². The number of ketones is 1. The quantitative estimate of drug-likeness (QED) is 0.413. The van der Waals surface area contributed by atoms with Crippen molar-refractivity contribution in [1.82, 2.24) is 9.80 Å². The van der Waals surface area contributed by atoms with Crippen molar-refractivity contribution in [1.29, 1.82) is 0 Å². The van der Waals surface area contributed by atoms with Gasteiger partial charge in [0, 0.05) is 31.7 Å². The fourth-order valence-corrected chi connectivity index (χ4v) is 4.63. The summed E-state index contributed by atoms with van der Waals surface area (Å²) < 4.78 is 16.6. The Morgan fingerprint density at radius 1 is 0.941 bits per heavy atom. The molecule has 1 atom stereocenters. The highest BCUT2D eigenvalue weighted by Gasteiger charge is 2.46. The van der Waals surface area contributed by atoms with Crippen LogP contribution < -0.4 is 9.47 Å². The number of ether oxygens (including phenoxy) is 3.